The molecule has 140 valence electrons. The summed E-state index contributed by atoms with van der Waals surface area (Å²) in [5.41, 5.74) is 2.20. The van der Waals surface area contributed by atoms with Gasteiger partial charge in [-0.25, -0.2) is 0 Å². The molecule has 0 aromatic rings. The van der Waals surface area contributed by atoms with E-state index < -0.39 is 0 Å². The van der Waals surface area contributed by atoms with Crippen LogP contribution in [0.5, 0.6) is 0 Å². The highest BCUT2D eigenvalue weighted by Crippen LogP contribution is 2.43. The topological polar surface area (TPSA) is 9.23 Å². The number of rotatable bonds is 10. The standard InChI is InChI=1S/C21H38OS2/c1-8-22-19(23-9-2)16-21(7,24-10-3)15-13-18-17(4)12-11-14-20(18,5)6/h12-13,15,18-19H,8-11,14,16H2,1-7H3. The Morgan fingerprint density at radius 3 is 2.58 bits per heavy atom. The van der Waals surface area contributed by atoms with Crippen LogP contribution >= 0.6 is 23.5 Å². The summed E-state index contributed by atoms with van der Waals surface area (Å²) in [7, 11) is 0. The zero-order valence-electron chi connectivity index (χ0n) is 16.9. The van der Waals surface area contributed by atoms with Gasteiger partial charge in [-0.15, -0.1) is 11.8 Å². The number of hydrogen-bond acceptors (Lipinski definition) is 3. The predicted octanol–water partition coefficient (Wildman–Crippen LogP) is 6.94. The molecule has 3 unspecified atom stereocenters. The van der Waals surface area contributed by atoms with Crippen molar-refractivity contribution in [1.82, 2.24) is 0 Å². The molecule has 0 N–H and O–H groups in total. The fourth-order valence-electron chi connectivity index (χ4n) is 3.66. The van der Waals surface area contributed by atoms with E-state index >= 15 is 0 Å². The van der Waals surface area contributed by atoms with Gasteiger partial charge in [0.15, 0.2) is 0 Å². The van der Waals surface area contributed by atoms with Crippen molar-refractivity contribution in [3.8, 4) is 0 Å². The maximum Gasteiger partial charge on any atom is 0.104 e. The molecule has 0 saturated heterocycles. The van der Waals surface area contributed by atoms with Crippen LogP contribution < -0.4 is 0 Å². The fraction of sp³-hybridized carbons (Fsp3) is 0.810. The molecule has 0 saturated carbocycles. The Morgan fingerprint density at radius 2 is 2.04 bits per heavy atom. The van der Waals surface area contributed by atoms with Gasteiger partial charge >= 0.3 is 0 Å². The average molecular weight is 371 g/mol. The van der Waals surface area contributed by atoms with Gasteiger partial charge in [-0.1, -0.05) is 51.5 Å². The van der Waals surface area contributed by atoms with Crippen LogP contribution in [-0.4, -0.2) is 28.3 Å². The Labute approximate surface area is 159 Å². The zero-order chi connectivity index (χ0) is 18.2. The largest absolute Gasteiger partial charge is 0.368 e. The van der Waals surface area contributed by atoms with E-state index in [0.717, 1.165) is 24.5 Å². The van der Waals surface area contributed by atoms with Crippen molar-refractivity contribution < 1.29 is 4.74 Å². The number of thioether (sulfide) groups is 2. The molecule has 3 heteroatoms. The zero-order valence-corrected chi connectivity index (χ0v) is 18.5. The van der Waals surface area contributed by atoms with Crippen LogP contribution in [0.3, 0.4) is 0 Å². The van der Waals surface area contributed by atoms with E-state index in [0.29, 0.717) is 16.8 Å². The van der Waals surface area contributed by atoms with Crippen molar-refractivity contribution in [3.63, 3.8) is 0 Å². The summed E-state index contributed by atoms with van der Waals surface area (Å²) < 4.78 is 6.13. The number of ether oxygens (including phenoxy) is 1. The van der Waals surface area contributed by atoms with E-state index in [1.807, 2.05) is 23.5 Å². The van der Waals surface area contributed by atoms with E-state index in [9.17, 15) is 0 Å². The Hall–Kier alpha value is 0.140. The van der Waals surface area contributed by atoms with Gasteiger partial charge in [-0.05, 0) is 50.5 Å². The van der Waals surface area contributed by atoms with Crippen LogP contribution in [0, 0.1) is 11.3 Å². The molecule has 0 aliphatic heterocycles. The second-order valence-electron chi connectivity index (χ2n) is 7.60. The van der Waals surface area contributed by atoms with Crippen LogP contribution in [0.4, 0.5) is 0 Å². The maximum atomic E-state index is 5.98. The lowest BCUT2D eigenvalue weighted by molar-refractivity contribution is 0.115. The van der Waals surface area contributed by atoms with Gasteiger partial charge in [-0.3, -0.25) is 0 Å². The van der Waals surface area contributed by atoms with E-state index in [2.05, 4.69) is 66.7 Å². The Morgan fingerprint density at radius 1 is 1.33 bits per heavy atom. The highest BCUT2D eigenvalue weighted by Gasteiger charge is 2.32. The van der Waals surface area contributed by atoms with Crippen LogP contribution in [-0.2, 0) is 4.74 Å². The summed E-state index contributed by atoms with van der Waals surface area (Å²) in [6.45, 7) is 16.9. The second kappa shape index (κ2) is 10.3. The predicted molar refractivity (Wildman–Crippen MR) is 114 cm³/mol. The minimum Gasteiger partial charge on any atom is -0.368 e. The summed E-state index contributed by atoms with van der Waals surface area (Å²) in [4.78, 5) is 0. The van der Waals surface area contributed by atoms with E-state index in [1.54, 1.807) is 0 Å². The third-order valence-electron chi connectivity index (χ3n) is 4.98. The Balaban J connectivity index is 2.92. The summed E-state index contributed by atoms with van der Waals surface area (Å²) in [5, 5.41) is 0. The van der Waals surface area contributed by atoms with Crippen LogP contribution in [0.1, 0.15) is 67.7 Å². The van der Waals surface area contributed by atoms with Crippen LogP contribution in [0.25, 0.3) is 0 Å². The van der Waals surface area contributed by atoms with Crippen LogP contribution in [0.15, 0.2) is 23.8 Å². The van der Waals surface area contributed by atoms with Gasteiger partial charge in [0.25, 0.3) is 0 Å². The minimum absolute atomic E-state index is 0.143. The van der Waals surface area contributed by atoms with Crippen molar-refractivity contribution in [2.75, 3.05) is 18.1 Å². The van der Waals surface area contributed by atoms with Crippen molar-refractivity contribution >= 4 is 23.5 Å². The van der Waals surface area contributed by atoms with Gasteiger partial charge in [0, 0.05) is 23.7 Å². The molecule has 1 aliphatic rings. The fourth-order valence-corrected chi connectivity index (χ4v) is 5.93. The molecule has 0 fully saturated rings. The van der Waals surface area contributed by atoms with Gasteiger partial charge in [0.2, 0.25) is 0 Å². The second-order valence-corrected chi connectivity index (χ2v) is 10.8. The van der Waals surface area contributed by atoms with Gasteiger partial charge in [-0.2, -0.15) is 11.8 Å². The van der Waals surface area contributed by atoms with Crippen molar-refractivity contribution in [1.29, 1.82) is 0 Å². The lowest BCUT2D eigenvalue weighted by Crippen LogP contribution is -2.29. The molecule has 1 nitrogen and oxygen atoms in total. The minimum atomic E-state index is 0.143. The molecule has 0 bridgehead atoms. The molecule has 1 rings (SSSR count). The first kappa shape index (κ1) is 22.2. The summed E-state index contributed by atoms with van der Waals surface area (Å²) in [6, 6.07) is 0. The highest BCUT2D eigenvalue weighted by atomic mass is 32.2. The van der Waals surface area contributed by atoms with Crippen molar-refractivity contribution in [2.45, 2.75) is 77.9 Å². The molecule has 0 radical (unpaired) electrons. The molecule has 0 spiro atoms. The maximum absolute atomic E-state index is 5.98. The third kappa shape index (κ3) is 6.80. The molecular formula is C21H38OS2. The van der Waals surface area contributed by atoms with Gasteiger partial charge in [0.05, 0.1) is 0 Å². The SMILES string of the molecule is CCOC(CC(C)(C=CC1C(C)=CCCC1(C)C)SCC)SCC. The summed E-state index contributed by atoms with van der Waals surface area (Å²) in [6.07, 6.45) is 11.0. The normalized spacial score (nSPS) is 24.6. The number of hydrogen-bond donors (Lipinski definition) is 0. The first-order valence-corrected chi connectivity index (χ1v) is 11.5. The molecule has 0 amide bonds. The first-order valence-electron chi connectivity index (χ1n) is 9.51. The van der Waals surface area contributed by atoms with E-state index in [1.165, 1.54) is 18.4 Å². The first-order chi connectivity index (χ1) is 11.3. The highest BCUT2D eigenvalue weighted by molar-refractivity contribution is 8.01. The van der Waals surface area contributed by atoms with E-state index in [4.69, 9.17) is 4.74 Å². The van der Waals surface area contributed by atoms with Crippen molar-refractivity contribution in [3.05, 3.63) is 23.8 Å². The molecule has 3 atom stereocenters. The lowest BCUT2D eigenvalue weighted by Gasteiger charge is -2.38. The van der Waals surface area contributed by atoms with Crippen molar-refractivity contribution in [2.24, 2.45) is 11.3 Å². The summed E-state index contributed by atoms with van der Waals surface area (Å²) >= 11 is 3.98. The molecule has 0 aromatic heterocycles. The quantitative estimate of drug-likeness (QED) is 0.304. The summed E-state index contributed by atoms with van der Waals surface area (Å²) in [5.74, 6) is 2.81. The Bertz CT molecular complexity index is 422. The molecule has 0 heterocycles. The molecular weight excluding hydrogens is 332 g/mol. The lowest BCUT2D eigenvalue weighted by atomic mass is 9.68. The van der Waals surface area contributed by atoms with Gasteiger partial charge in [0.1, 0.15) is 5.44 Å². The smallest absolute Gasteiger partial charge is 0.104 e. The molecule has 24 heavy (non-hydrogen) atoms. The van der Waals surface area contributed by atoms with Gasteiger partial charge < -0.3 is 4.74 Å². The monoisotopic (exact) mass is 370 g/mol. The van der Waals surface area contributed by atoms with E-state index in [-0.39, 0.29) is 4.75 Å². The molecule has 1 aliphatic carbocycles. The third-order valence-corrected chi connectivity index (χ3v) is 7.24. The van der Waals surface area contributed by atoms with Crippen LogP contribution in [0.2, 0.25) is 0 Å². The number of allylic oxidation sites excluding steroid dienone is 3. The Kier molecular flexibility index (Phi) is 9.55. The average Bonchev–Trinajstić information content (AvgIpc) is 2.46. The molecule has 0 aromatic carbocycles.